The molecule has 0 N–H and O–H groups in total. The molecular formula is C26H25ClO3. The molecule has 4 heteroatoms. The molecule has 0 aliphatic rings. The van der Waals surface area contributed by atoms with Crippen molar-refractivity contribution in [2.24, 2.45) is 0 Å². The van der Waals surface area contributed by atoms with Crippen LogP contribution >= 0.6 is 11.6 Å². The number of rotatable bonds is 9. The molecule has 0 fully saturated rings. The SMILES string of the molecule is CCCCCCc1ccc(-c2ccc(C(=O)Oc3ccc(C=O)c(Cl)c3)cc2)cc1. The average Bonchev–Trinajstić information content (AvgIpc) is 2.77. The number of hydrogen-bond donors (Lipinski definition) is 0. The number of esters is 1. The largest absolute Gasteiger partial charge is 0.423 e. The highest BCUT2D eigenvalue weighted by molar-refractivity contribution is 6.33. The maximum atomic E-state index is 12.4. The van der Waals surface area contributed by atoms with Crippen molar-refractivity contribution in [3.05, 3.63) is 88.4 Å². The molecule has 0 heterocycles. The van der Waals surface area contributed by atoms with Crippen molar-refractivity contribution in [2.45, 2.75) is 39.0 Å². The van der Waals surface area contributed by atoms with Crippen LogP contribution in [0.15, 0.2) is 66.7 Å². The summed E-state index contributed by atoms with van der Waals surface area (Å²) in [5.74, 6) is -0.173. The molecule has 0 aliphatic carbocycles. The van der Waals surface area contributed by atoms with Gasteiger partial charge in [0.1, 0.15) is 5.75 Å². The molecule has 0 unspecified atom stereocenters. The highest BCUT2D eigenvalue weighted by Crippen LogP contribution is 2.24. The molecule has 30 heavy (non-hydrogen) atoms. The van der Waals surface area contributed by atoms with E-state index in [2.05, 4.69) is 31.2 Å². The molecule has 3 nitrogen and oxygen atoms in total. The summed E-state index contributed by atoms with van der Waals surface area (Å²) in [5.41, 5.74) is 4.31. The van der Waals surface area contributed by atoms with E-state index in [1.165, 1.54) is 43.4 Å². The summed E-state index contributed by atoms with van der Waals surface area (Å²) in [6, 6.07) is 20.5. The lowest BCUT2D eigenvalue weighted by molar-refractivity contribution is 0.0735. The Bertz CT molecular complexity index is 992. The minimum atomic E-state index is -0.473. The zero-order chi connectivity index (χ0) is 21.3. The summed E-state index contributed by atoms with van der Waals surface area (Å²) in [6.45, 7) is 2.22. The molecule has 0 saturated heterocycles. The summed E-state index contributed by atoms with van der Waals surface area (Å²) >= 11 is 5.98. The predicted molar refractivity (Wildman–Crippen MR) is 122 cm³/mol. The molecular weight excluding hydrogens is 396 g/mol. The molecule has 3 aromatic carbocycles. The van der Waals surface area contributed by atoms with Gasteiger partial charge in [0.05, 0.1) is 10.6 Å². The van der Waals surface area contributed by atoms with Gasteiger partial charge in [0.25, 0.3) is 0 Å². The maximum Gasteiger partial charge on any atom is 0.343 e. The monoisotopic (exact) mass is 420 g/mol. The topological polar surface area (TPSA) is 43.4 Å². The standard InChI is InChI=1S/C26H25ClO3/c1-2-3-4-5-6-19-7-9-20(10-8-19)21-11-13-22(14-12-21)26(29)30-24-16-15-23(18-28)25(27)17-24/h7-18H,2-6H2,1H3. The second-order valence-electron chi connectivity index (χ2n) is 7.28. The van der Waals surface area contributed by atoms with Gasteiger partial charge in [0.15, 0.2) is 6.29 Å². The minimum absolute atomic E-state index is 0.249. The van der Waals surface area contributed by atoms with E-state index in [1.54, 1.807) is 18.2 Å². The third-order valence-electron chi connectivity index (χ3n) is 5.04. The number of unbranched alkanes of at least 4 members (excludes halogenated alkanes) is 3. The van der Waals surface area contributed by atoms with Crippen molar-refractivity contribution in [3.63, 3.8) is 0 Å². The van der Waals surface area contributed by atoms with Crippen molar-refractivity contribution in [2.75, 3.05) is 0 Å². The lowest BCUT2D eigenvalue weighted by Gasteiger charge is -2.08. The van der Waals surface area contributed by atoms with Crippen LogP contribution in [0.5, 0.6) is 5.75 Å². The van der Waals surface area contributed by atoms with Crippen LogP contribution < -0.4 is 4.74 Å². The molecule has 0 spiro atoms. The fourth-order valence-electron chi connectivity index (χ4n) is 3.25. The highest BCUT2D eigenvalue weighted by Gasteiger charge is 2.10. The minimum Gasteiger partial charge on any atom is -0.423 e. The normalized spacial score (nSPS) is 10.6. The number of carbonyl (C=O) groups is 2. The fraction of sp³-hybridized carbons (Fsp3) is 0.231. The molecule has 0 radical (unpaired) electrons. The van der Waals surface area contributed by atoms with Crippen LogP contribution in [0.2, 0.25) is 5.02 Å². The fourth-order valence-corrected chi connectivity index (χ4v) is 3.47. The van der Waals surface area contributed by atoms with Crippen LogP contribution in [-0.4, -0.2) is 12.3 Å². The summed E-state index contributed by atoms with van der Waals surface area (Å²) in [4.78, 5) is 23.2. The van der Waals surface area contributed by atoms with Crippen LogP contribution in [0.3, 0.4) is 0 Å². The molecule has 0 saturated carbocycles. The quantitative estimate of drug-likeness (QED) is 0.159. The van der Waals surface area contributed by atoms with Crippen molar-refractivity contribution in [1.29, 1.82) is 0 Å². The Balaban J connectivity index is 1.62. The van der Waals surface area contributed by atoms with Crippen molar-refractivity contribution < 1.29 is 14.3 Å². The lowest BCUT2D eigenvalue weighted by atomic mass is 10.0. The Hall–Kier alpha value is -2.91. The van der Waals surface area contributed by atoms with Gasteiger partial charge in [0, 0.05) is 11.6 Å². The molecule has 0 atom stereocenters. The van der Waals surface area contributed by atoms with Gasteiger partial charge in [-0.25, -0.2) is 4.79 Å². The smallest absolute Gasteiger partial charge is 0.343 e. The maximum absolute atomic E-state index is 12.4. The molecule has 3 aromatic rings. The van der Waals surface area contributed by atoms with Crippen molar-refractivity contribution in [1.82, 2.24) is 0 Å². The lowest BCUT2D eigenvalue weighted by Crippen LogP contribution is -2.08. The van der Waals surface area contributed by atoms with Crippen LogP contribution in [0.25, 0.3) is 11.1 Å². The summed E-state index contributed by atoms with van der Waals surface area (Å²) in [5, 5.41) is 0.249. The second kappa shape index (κ2) is 10.7. The van der Waals surface area contributed by atoms with Gasteiger partial charge >= 0.3 is 5.97 Å². The van der Waals surface area contributed by atoms with Gasteiger partial charge in [-0.05, 0) is 53.8 Å². The number of halogens is 1. The number of aryl methyl sites for hydroxylation is 1. The van der Waals surface area contributed by atoms with E-state index in [9.17, 15) is 9.59 Å². The molecule has 0 aromatic heterocycles. The zero-order valence-corrected chi connectivity index (χ0v) is 17.8. The highest BCUT2D eigenvalue weighted by atomic mass is 35.5. The van der Waals surface area contributed by atoms with E-state index in [1.807, 2.05) is 12.1 Å². The van der Waals surface area contributed by atoms with Gasteiger partial charge in [-0.1, -0.05) is 74.2 Å². The molecule has 0 amide bonds. The van der Waals surface area contributed by atoms with Crippen LogP contribution in [0.4, 0.5) is 0 Å². The predicted octanol–water partition coefficient (Wildman–Crippen LogP) is 7.16. The zero-order valence-electron chi connectivity index (χ0n) is 17.1. The first-order chi connectivity index (χ1) is 14.6. The molecule has 0 bridgehead atoms. The summed E-state index contributed by atoms with van der Waals surface area (Å²) < 4.78 is 5.36. The Morgan fingerprint density at radius 3 is 2.17 bits per heavy atom. The average molecular weight is 421 g/mol. The Morgan fingerprint density at radius 2 is 1.57 bits per heavy atom. The molecule has 3 rings (SSSR count). The van der Waals surface area contributed by atoms with Gasteiger partial charge in [-0.3, -0.25) is 4.79 Å². The van der Waals surface area contributed by atoms with E-state index in [0.29, 0.717) is 23.2 Å². The third-order valence-corrected chi connectivity index (χ3v) is 5.36. The number of aldehydes is 1. The van der Waals surface area contributed by atoms with Crippen molar-refractivity contribution >= 4 is 23.9 Å². The number of ether oxygens (including phenoxy) is 1. The molecule has 0 aliphatic heterocycles. The summed E-state index contributed by atoms with van der Waals surface area (Å²) in [7, 11) is 0. The number of carbonyl (C=O) groups excluding carboxylic acids is 2. The summed E-state index contributed by atoms with van der Waals surface area (Å²) in [6.07, 6.45) is 6.83. The van der Waals surface area contributed by atoms with E-state index < -0.39 is 5.97 Å². The van der Waals surface area contributed by atoms with Gasteiger partial charge < -0.3 is 4.74 Å². The van der Waals surface area contributed by atoms with E-state index >= 15 is 0 Å². The molecule has 154 valence electrons. The van der Waals surface area contributed by atoms with Gasteiger partial charge in [0.2, 0.25) is 0 Å². The van der Waals surface area contributed by atoms with E-state index in [4.69, 9.17) is 16.3 Å². The Labute approximate surface area is 182 Å². The van der Waals surface area contributed by atoms with E-state index in [0.717, 1.165) is 17.5 Å². The van der Waals surface area contributed by atoms with Crippen LogP contribution in [0.1, 0.15) is 58.9 Å². The van der Waals surface area contributed by atoms with Gasteiger partial charge in [-0.2, -0.15) is 0 Å². The van der Waals surface area contributed by atoms with Crippen LogP contribution in [0, 0.1) is 0 Å². The Kier molecular flexibility index (Phi) is 7.81. The van der Waals surface area contributed by atoms with Crippen LogP contribution in [-0.2, 0) is 6.42 Å². The van der Waals surface area contributed by atoms with Gasteiger partial charge in [-0.15, -0.1) is 0 Å². The van der Waals surface area contributed by atoms with E-state index in [-0.39, 0.29) is 5.02 Å². The Morgan fingerprint density at radius 1 is 0.900 bits per heavy atom. The second-order valence-corrected chi connectivity index (χ2v) is 7.68. The first-order valence-corrected chi connectivity index (χ1v) is 10.6. The number of hydrogen-bond acceptors (Lipinski definition) is 3. The van der Waals surface area contributed by atoms with Crippen molar-refractivity contribution in [3.8, 4) is 16.9 Å². The first-order valence-electron chi connectivity index (χ1n) is 10.3. The third kappa shape index (κ3) is 5.80. The number of benzene rings is 3. The first kappa shape index (κ1) is 21.8.